The molecule has 0 aliphatic carbocycles. The summed E-state index contributed by atoms with van der Waals surface area (Å²) in [6, 6.07) is 8.91. The first-order valence-corrected chi connectivity index (χ1v) is 10.1. The van der Waals surface area contributed by atoms with Crippen LogP contribution >= 0.6 is 0 Å². The van der Waals surface area contributed by atoms with Crippen molar-refractivity contribution < 1.29 is 14.0 Å². The molecule has 2 N–H and O–H groups in total. The fraction of sp³-hybridized carbons (Fsp3) is 0.571. The Balaban J connectivity index is 1.55. The second kappa shape index (κ2) is 8.51. The topological polar surface area (TPSA) is 71.8 Å². The van der Waals surface area contributed by atoms with E-state index in [0.717, 1.165) is 42.6 Å². The largest absolute Gasteiger partial charge is 0.497 e. The Morgan fingerprint density at radius 3 is 2.61 bits per heavy atom. The molecule has 152 valence electrons. The second-order valence-corrected chi connectivity index (χ2v) is 7.78. The van der Waals surface area contributed by atoms with E-state index in [-0.39, 0.29) is 5.92 Å². The Bertz CT molecular complexity index is 771. The molecular formula is C21H30N4O3. The monoisotopic (exact) mass is 386 g/mol. The SMILES string of the molecule is COc1cc(CN2CCCCC2C2NNCC2c2cc(C)no2)cc(OC)c1. The molecule has 0 amide bonds. The van der Waals surface area contributed by atoms with Gasteiger partial charge in [-0.2, -0.15) is 0 Å². The first-order valence-electron chi connectivity index (χ1n) is 10.1. The van der Waals surface area contributed by atoms with Crippen molar-refractivity contribution in [1.82, 2.24) is 20.9 Å². The quantitative estimate of drug-likeness (QED) is 0.791. The molecule has 2 fully saturated rings. The van der Waals surface area contributed by atoms with Crippen LogP contribution in [-0.4, -0.2) is 49.4 Å². The minimum absolute atomic E-state index is 0.284. The highest BCUT2D eigenvalue weighted by Gasteiger charge is 2.40. The van der Waals surface area contributed by atoms with Crippen LogP contribution in [0, 0.1) is 6.92 Å². The molecule has 0 saturated carbocycles. The van der Waals surface area contributed by atoms with Gasteiger partial charge in [0, 0.05) is 37.3 Å². The third-order valence-corrected chi connectivity index (χ3v) is 5.91. The van der Waals surface area contributed by atoms with Crippen LogP contribution < -0.4 is 20.3 Å². The molecule has 0 bridgehead atoms. The number of hydrogen-bond donors (Lipinski definition) is 2. The lowest BCUT2D eigenvalue weighted by Gasteiger charge is -2.40. The number of hydrazine groups is 1. The lowest BCUT2D eigenvalue weighted by molar-refractivity contribution is 0.103. The van der Waals surface area contributed by atoms with Crippen molar-refractivity contribution in [2.45, 2.75) is 50.7 Å². The number of nitrogens with zero attached hydrogens (tertiary/aromatic N) is 2. The normalized spacial score (nSPS) is 25.8. The van der Waals surface area contributed by atoms with Crippen LogP contribution in [0.4, 0.5) is 0 Å². The Kier molecular flexibility index (Phi) is 5.85. The van der Waals surface area contributed by atoms with E-state index < -0.39 is 0 Å². The van der Waals surface area contributed by atoms with E-state index in [2.05, 4.69) is 39.1 Å². The summed E-state index contributed by atoms with van der Waals surface area (Å²) in [5.74, 6) is 2.91. The third kappa shape index (κ3) is 4.01. The fourth-order valence-electron chi connectivity index (χ4n) is 4.53. The van der Waals surface area contributed by atoms with Gasteiger partial charge in [-0.1, -0.05) is 11.6 Å². The van der Waals surface area contributed by atoms with Crippen molar-refractivity contribution in [3.8, 4) is 11.5 Å². The van der Waals surface area contributed by atoms with Crippen LogP contribution in [0.5, 0.6) is 11.5 Å². The van der Waals surface area contributed by atoms with Gasteiger partial charge in [0.2, 0.25) is 0 Å². The van der Waals surface area contributed by atoms with Crippen LogP contribution in [0.1, 0.15) is 42.2 Å². The van der Waals surface area contributed by atoms with Crippen molar-refractivity contribution in [2.75, 3.05) is 27.3 Å². The fourth-order valence-corrected chi connectivity index (χ4v) is 4.53. The molecule has 2 aliphatic rings. The lowest BCUT2D eigenvalue weighted by atomic mass is 9.86. The number of aromatic nitrogens is 1. The zero-order valence-corrected chi connectivity index (χ0v) is 16.9. The summed E-state index contributed by atoms with van der Waals surface area (Å²) >= 11 is 0. The predicted molar refractivity (Wildman–Crippen MR) is 107 cm³/mol. The molecule has 2 saturated heterocycles. The highest BCUT2D eigenvalue weighted by molar-refractivity contribution is 5.38. The Morgan fingerprint density at radius 2 is 1.93 bits per heavy atom. The summed E-state index contributed by atoms with van der Waals surface area (Å²) in [6.07, 6.45) is 3.65. The first kappa shape index (κ1) is 19.2. The summed E-state index contributed by atoms with van der Waals surface area (Å²) in [4.78, 5) is 2.58. The summed E-state index contributed by atoms with van der Waals surface area (Å²) in [5.41, 5.74) is 9.00. The van der Waals surface area contributed by atoms with Gasteiger partial charge in [0.05, 0.1) is 25.8 Å². The summed E-state index contributed by atoms with van der Waals surface area (Å²) < 4.78 is 16.5. The molecule has 7 heteroatoms. The molecule has 4 rings (SSSR count). The van der Waals surface area contributed by atoms with Gasteiger partial charge in [0.25, 0.3) is 0 Å². The molecule has 0 spiro atoms. The van der Waals surface area contributed by atoms with Gasteiger partial charge in [-0.15, -0.1) is 0 Å². The molecule has 3 atom stereocenters. The van der Waals surface area contributed by atoms with E-state index in [1.54, 1.807) is 14.2 Å². The summed E-state index contributed by atoms with van der Waals surface area (Å²) in [7, 11) is 3.39. The maximum atomic E-state index is 5.60. The number of methoxy groups -OCH3 is 2. The minimum Gasteiger partial charge on any atom is -0.497 e. The lowest BCUT2D eigenvalue weighted by Crippen LogP contribution is -2.52. The zero-order valence-electron chi connectivity index (χ0n) is 16.9. The van der Waals surface area contributed by atoms with Gasteiger partial charge < -0.3 is 14.0 Å². The maximum Gasteiger partial charge on any atom is 0.143 e. The Labute approximate surface area is 166 Å². The first-order chi connectivity index (χ1) is 13.7. The third-order valence-electron chi connectivity index (χ3n) is 5.91. The molecule has 0 radical (unpaired) electrons. The van der Waals surface area contributed by atoms with Crippen molar-refractivity contribution in [3.63, 3.8) is 0 Å². The molecule has 1 aromatic carbocycles. The van der Waals surface area contributed by atoms with E-state index in [4.69, 9.17) is 14.0 Å². The number of rotatable bonds is 6. The number of hydrogen-bond acceptors (Lipinski definition) is 7. The minimum atomic E-state index is 0.284. The molecule has 28 heavy (non-hydrogen) atoms. The zero-order chi connectivity index (χ0) is 19.5. The molecular weight excluding hydrogens is 356 g/mol. The van der Waals surface area contributed by atoms with E-state index >= 15 is 0 Å². The standard InChI is InChI=1S/C21H30N4O3/c1-14-8-20(28-24-14)18-12-22-23-21(18)19-6-4-5-7-25(19)13-15-9-16(26-2)11-17(10-15)27-3/h8-11,18-19,21-23H,4-7,12-13H2,1-3H3. The van der Waals surface area contributed by atoms with E-state index in [1.165, 1.54) is 24.8 Å². The number of benzene rings is 1. The Morgan fingerprint density at radius 1 is 1.14 bits per heavy atom. The van der Waals surface area contributed by atoms with E-state index in [1.807, 2.05) is 13.0 Å². The maximum absolute atomic E-state index is 5.60. The number of aryl methyl sites for hydroxylation is 1. The van der Waals surface area contributed by atoms with Crippen molar-refractivity contribution in [3.05, 3.63) is 41.3 Å². The van der Waals surface area contributed by atoms with Crippen molar-refractivity contribution in [2.24, 2.45) is 0 Å². The van der Waals surface area contributed by atoms with Crippen LogP contribution in [0.2, 0.25) is 0 Å². The molecule has 1 aromatic heterocycles. The number of nitrogens with one attached hydrogen (secondary N) is 2. The molecule has 2 aromatic rings. The second-order valence-electron chi connectivity index (χ2n) is 7.78. The molecule has 3 unspecified atom stereocenters. The predicted octanol–water partition coefficient (Wildman–Crippen LogP) is 2.61. The highest BCUT2D eigenvalue weighted by atomic mass is 16.5. The van der Waals surface area contributed by atoms with Crippen LogP contribution in [-0.2, 0) is 6.54 Å². The van der Waals surface area contributed by atoms with E-state index in [9.17, 15) is 0 Å². The van der Waals surface area contributed by atoms with Gasteiger partial charge in [-0.05, 0) is 44.0 Å². The molecule has 3 heterocycles. The van der Waals surface area contributed by atoms with Crippen LogP contribution in [0.25, 0.3) is 0 Å². The number of likely N-dealkylation sites (tertiary alicyclic amines) is 1. The van der Waals surface area contributed by atoms with Gasteiger partial charge >= 0.3 is 0 Å². The van der Waals surface area contributed by atoms with Crippen molar-refractivity contribution >= 4 is 0 Å². The summed E-state index contributed by atoms with van der Waals surface area (Å²) in [6.45, 7) is 4.79. The molecule has 2 aliphatic heterocycles. The number of ether oxygens (including phenoxy) is 2. The van der Waals surface area contributed by atoms with E-state index in [0.29, 0.717) is 12.1 Å². The average molecular weight is 386 g/mol. The molecule has 7 nitrogen and oxygen atoms in total. The highest BCUT2D eigenvalue weighted by Crippen LogP contribution is 2.33. The summed E-state index contributed by atoms with van der Waals surface area (Å²) in [5, 5.41) is 4.09. The van der Waals surface area contributed by atoms with Gasteiger partial charge in [-0.3, -0.25) is 15.8 Å². The van der Waals surface area contributed by atoms with Crippen LogP contribution in [0.3, 0.4) is 0 Å². The smallest absolute Gasteiger partial charge is 0.143 e. The van der Waals surface area contributed by atoms with Gasteiger partial charge in [0.1, 0.15) is 17.3 Å². The van der Waals surface area contributed by atoms with Gasteiger partial charge in [0.15, 0.2) is 0 Å². The van der Waals surface area contributed by atoms with Gasteiger partial charge in [-0.25, -0.2) is 0 Å². The number of piperidine rings is 1. The van der Waals surface area contributed by atoms with Crippen molar-refractivity contribution in [1.29, 1.82) is 0 Å². The average Bonchev–Trinajstić information content (AvgIpc) is 3.37. The van der Waals surface area contributed by atoms with Crippen LogP contribution in [0.15, 0.2) is 28.8 Å². The Hall–Kier alpha value is -2.09.